The van der Waals surface area contributed by atoms with Crippen LogP contribution in [0.15, 0.2) is 0 Å². The van der Waals surface area contributed by atoms with E-state index in [-0.39, 0.29) is 0 Å². The van der Waals surface area contributed by atoms with Crippen molar-refractivity contribution in [2.75, 3.05) is 39.8 Å². The summed E-state index contributed by atoms with van der Waals surface area (Å²) in [6, 6.07) is 0. The Morgan fingerprint density at radius 2 is 2.21 bits per heavy atom. The molecular formula is C11H24N2O. The standard InChI is InChI=1S/C11H24N2O/c1-11-10-13(8-9-14-11)7-5-3-4-6-12-2/h11-12H,3-10H2,1-2H3. The van der Waals surface area contributed by atoms with Crippen LogP contribution in [0.3, 0.4) is 0 Å². The van der Waals surface area contributed by atoms with E-state index in [4.69, 9.17) is 4.74 Å². The number of rotatable bonds is 6. The second kappa shape index (κ2) is 7.21. The third kappa shape index (κ3) is 4.94. The van der Waals surface area contributed by atoms with Gasteiger partial charge in [0.25, 0.3) is 0 Å². The van der Waals surface area contributed by atoms with Crippen LogP contribution in [0, 0.1) is 0 Å². The first-order valence-corrected chi connectivity index (χ1v) is 5.81. The Labute approximate surface area is 87.8 Å². The van der Waals surface area contributed by atoms with Gasteiger partial charge in [0, 0.05) is 13.1 Å². The fourth-order valence-corrected chi connectivity index (χ4v) is 1.91. The predicted octanol–water partition coefficient (Wildman–Crippen LogP) is 1.10. The maximum absolute atomic E-state index is 5.50. The van der Waals surface area contributed by atoms with Gasteiger partial charge < -0.3 is 10.1 Å². The van der Waals surface area contributed by atoms with Crippen LogP contribution < -0.4 is 5.32 Å². The summed E-state index contributed by atoms with van der Waals surface area (Å²) in [6.45, 7) is 7.71. The minimum Gasteiger partial charge on any atom is -0.376 e. The molecule has 1 heterocycles. The van der Waals surface area contributed by atoms with E-state index in [1.54, 1.807) is 0 Å². The molecule has 3 nitrogen and oxygen atoms in total. The van der Waals surface area contributed by atoms with E-state index >= 15 is 0 Å². The molecule has 1 atom stereocenters. The number of morpholine rings is 1. The van der Waals surface area contributed by atoms with E-state index in [2.05, 4.69) is 17.1 Å². The van der Waals surface area contributed by atoms with Gasteiger partial charge in [0.05, 0.1) is 12.7 Å². The molecule has 1 aliphatic heterocycles. The van der Waals surface area contributed by atoms with E-state index < -0.39 is 0 Å². The van der Waals surface area contributed by atoms with Crippen LogP contribution in [-0.4, -0.2) is 50.8 Å². The third-order valence-electron chi connectivity index (χ3n) is 2.73. The molecule has 1 rings (SSSR count). The third-order valence-corrected chi connectivity index (χ3v) is 2.73. The molecule has 84 valence electrons. The van der Waals surface area contributed by atoms with Crippen LogP contribution in [-0.2, 0) is 4.74 Å². The average molecular weight is 200 g/mol. The maximum atomic E-state index is 5.50. The highest BCUT2D eigenvalue weighted by Gasteiger charge is 2.15. The lowest BCUT2D eigenvalue weighted by Gasteiger charge is -2.30. The number of nitrogens with one attached hydrogen (secondary N) is 1. The smallest absolute Gasteiger partial charge is 0.0674 e. The molecule has 1 unspecified atom stereocenters. The summed E-state index contributed by atoms with van der Waals surface area (Å²) in [5.41, 5.74) is 0. The predicted molar refractivity (Wildman–Crippen MR) is 59.6 cm³/mol. The lowest BCUT2D eigenvalue weighted by Crippen LogP contribution is -2.41. The van der Waals surface area contributed by atoms with Gasteiger partial charge in [-0.05, 0) is 39.9 Å². The molecule has 14 heavy (non-hydrogen) atoms. The quantitative estimate of drug-likeness (QED) is 0.650. The maximum Gasteiger partial charge on any atom is 0.0674 e. The van der Waals surface area contributed by atoms with Crippen molar-refractivity contribution >= 4 is 0 Å². The van der Waals surface area contributed by atoms with Crippen molar-refractivity contribution in [3.63, 3.8) is 0 Å². The largest absolute Gasteiger partial charge is 0.376 e. The van der Waals surface area contributed by atoms with Gasteiger partial charge in [-0.25, -0.2) is 0 Å². The van der Waals surface area contributed by atoms with Crippen LogP contribution >= 0.6 is 0 Å². The van der Waals surface area contributed by atoms with E-state index in [0.717, 1.165) is 26.2 Å². The first-order valence-electron chi connectivity index (χ1n) is 5.81. The lowest BCUT2D eigenvalue weighted by atomic mass is 10.2. The molecule has 1 N–H and O–H groups in total. The Morgan fingerprint density at radius 3 is 2.93 bits per heavy atom. The van der Waals surface area contributed by atoms with Gasteiger partial charge in [0.2, 0.25) is 0 Å². The molecule has 0 amide bonds. The highest BCUT2D eigenvalue weighted by Crippen LogP contribution is 2.06. The minimum absolute atomic E-state index is 0.432. The van der Waals surface area contributed by atoms with Crippen molar-refractivity contribution in [1.29, 1.82) is 0 Å². The number of hydrogen-bond acceptors (Lipinski definition) is 3. The van der Waals surface area contributed by atoms with E-state index in [1.807, 2.05) is 7.05 Å². The highest BCUT2D eigenvalue weighted by molar-refractivity contribution is 4.67. The molecule has 1 aliphatic rings. The fourth-order valence-electron chi connectivity index (χ4n) is 1.91. The van der Waals surface area contributed by atoms with Gasteiger partial charge in [-0.2, -0.15) is 0 Å². The summed E-state index contributed by atoms with van der Waals surface area (Å²) >= 11 is 0. The highest BCUT2D eigenvalue weighted by atomic mass is 16.5. The fraction of sp³-hybridized carbons (Fsp3) is 1.00. The molecule has 0 saturated carbocycles. The van der Waals surface area contributed by atoms with E-state index in [0.29, 0.717) is 6.10 Å². The molecule has 0 aromatic rings. The normalized spacial score (nSPS) is 24.0. The molecule has 1 saturated heterocycles. The molecule has 0 aromatic heterocycles. The first kappa shape index (κ1) is 12.0. The number of unbranched alkanes of at least 4 members (excludes halogenated alkanes) is 2. The Kier molecular flexibility index (Phi) is 6.15. The van der Waals surface area contributed by atoms with Crippen molar-refractivity contribution in [2.24, 2.45) is 0 Å². The zero-order valence-electron chi connectivity index (χ0n) is 9.59. The number of hydrogen-bond donors (Lipinski definition) is 1. The summed E-state index contributed by atoms with van der Waals surface area (Å²) in [7, 11) is 2.02. The molecule has 0 spiro atoms. The minimum atomic E-state index is 0.432. The van der Waals surface area contributed by atoms with Crippen molar-refractivity contribution < 1.29 is 4.74 Å². The van der Waals surface area contributed by atoms with Crippen LogP contribution in [0.5, 0.6) is 0 Å². The van der Waals surface area contributed by atoms with Crippen LogP contribution in [0.1, 0.15) is 26.2 Å². The van der Waals surface area contributed by atoms with Gasteiger partial charge in [-0.1, -0.05) is 6.42 Å². The SMILES string of the molecule is CNCCCCCN1CCOC(C)C1. The Hall–Kier alpha value is -0.120. The molecule has 0 radical (unpaired) electrons. The van der Waals surface area contributed by atoms with Gasteiger partial charge in [0.1, 0.15) is 0 Å². The summed E-state index contributed by atoms with van der Waals surface area (Å²) < 4.78 is 5.50. The van der Waals surface area contributed by atoms with Gasteiger partial charge in [-0.15, -0.1) is 0 Å². The van der Waals surface area contributed by atoms with Gasteiger partial charge in [0.15, 0.2) is 0 Å². The van der Waals surface area contributed by atoms with Crippen LogP contribution in [0.25, 0.3) is 0 Å². The Morgan fingerprint density at radius 1 is 1.36 bits per heavy atom. The van der Waals surface area contributed by atoms with Crippen LogP contribution in [0.2, 0.25) is 0 Å². The topological polar surface area (TPSA) is 24.5 Å². The molecule has 0 aromatic carbocycles. The molecule has 0 bridgehead atoms. The van der Waals surface area contributed by atoms with E-state index in [1.165, 1.54) is 25.8 Å². The summed E-state index contributed by atoms with van der Waals surface area (Å²) in [5.74, 6) is 0. The van der Waals surface area contributed by atoms with Gasteiger partial charge in [-0.3, -0.25) is 4.90 Å². The number of nitrogens with zero attached hydrogens (tertiary/aromatic N) is 1. The number of ether oxygens (including phenoxy) is 1. The van der Waals surface area contributed by atoms with Crippen molar-refractivity contribution in [3.05, 3.63) is 0 Å². The average Bonchev–Trinajstić information content (AvgIpc) is 2.18. The second-order valence-electron chi connectivity index (χ2n) is 4.15. The molecular weight excluding hydrogens is 176 g/mol. The van der Waals surface area contributed by atoms with Crippen molar-refractivity contribution in [2.45, 2.75) is 32.3 Å². The Balaban J connectivity index is 1.95. The zero-order valence-corrected chi connectivity index (χ0v) is 9.59. The summed E-state index contributed by atoms with van der Waals surface area (Å²) in [5, 5.41) is 3.18. The summed E-state index contributed by atoms with van der Waals surface area (Å²) in [6.07, 6.45) is 4.40. The molecule has 1 fully saturated rings. The van der Waals surface area contributed by atoms with E-state index in [9.17, 15) is 0 Å². The zero-order chi connectivity index (χ0) is 10.2. The lowest BCUT2D eigenvalue weighted by molar-refractivity contribution is -0.0186. The second-order valence-corrected chi connectivity index (χ2v) is 4.15. The van der Waals surface area contributed by atoms with Crippen LogP contribution in [0.4, 0.5) is 0 Å². The van der Waals surface area contributed by atoms with Crippen molar-refractivity contribution in [1.82, 2.24) is 10.2 Å². The summed E-state index contributed by atoms with van der Waals surface area (Å²) in [4.78, 5) is 2.52. The Bertz CT molecular complexity index is 141. The molecule has 3 heteroatoms. The molecule has 0 aliphatic carbocycles. The van der Waals surface area contributed by atoms with Crippen molar-refractivity contribution in [3.8, 4) is 0 Å². The van der Waals surface area contributed by atoms with Gasteiger partial charge >= 0.3 is 0 Å². The monoisotopic (exact) mass is 200 g/mol. The first-order chi connectivity index (χ1) is 6.83.